The van der Waals surface area contributed by atoms with Gasteiger partial charge in [0.25, 0.3) is 5.91 Å². The number of hydrogen-bond acceptors (Lipinski definition) is 7. The molecule has 1 aromatic heterocycles. The van der Waals surface area contributed by atoms with Crippen molar-refractivity contribution in [3.63, 3.8) is 0 Å². The molecule has 3 N–H and O–H groups in total. The number of nitrogens with one attached hydrogen (secondary N) is 3. The standard InChI is InChI=1S/C19H19N5O2S2/c1-12-5-3-4-6-15(12)22-18-23-24-19(28-18)27-11-16(25)21-14-9-7-13(8-10-14)17(26)20-2/h3-10H,11H2,1-2H3,(H,20,26)(H,21,25)(H,22,23). The lowest BCUT2D eigenvalue weighted by Crippen LogP contribution is -2.18. The molecular weight excluding hydrogens is 394 g/mol. The first-order valence-electron chi connectivity index (χ1n) is 8.46. The van der Waals surface area contributed by atoms with Gasteiger partial charge in [0.1, 0.15) is 0 Å². The SMILES string of the molecule is CNC(=O)c1ccc(NC(=O)CSc2nnc(Nc3ccccc3C)s2)cc1. The molecule has 0 radical (unpaired) electrons. The van der Waals surface area contributed by atoms with E-state index in [0.29, 0.717) is 20.7 Å². The fourth-order valence-electron chi connectivity index (χ4n) is 2.32. The van der Waals surface area contributed by atoms with Gasteiger partial charge in [-0.3, -0.25) is 9.59 Å². The molecule has 144 valence electrons. The number of carbonyl (C=O) groups is 2. The van der Waals surface area contributed by atoms with Crippen molar-refractivity contribution in [3.8, 4) is 0 Å². The molecule has 0 saturated heterocycles. The number of benzene rings is 2. The summed E-state index contributed by atoms with van der Waals surface area (Å²) in [6.45, 7) is 2.02. The summed E-state index contributed by atoms with van der Waals surface area (Å²) in [7, 11) is 1.57. The van der Waals surface area contributed by atoms with E-state index in [1.807, 2.05) is 31.2 Å². The first-order chi connectivity index (χ1) is 13.5. The Morgan fingerprint density at radius 1 is 1.07 bits per heavy atom. The minimum Gasteiger partial charge on any atom is -0.355 e. The zero-order valence-corrected chi connectivity index (χ0v) is 17.0. The van der Waals surface area contributed by atoms with Gasteiger partial charge in [0, 0.05) is 24.0 Å². The Balaban J connectivity index is 1.50. The minimum atomic E-state index is -0.167. The van der Waals surface area contributed by atoms with Crippen LogP contribution in [0.3, 0.4) is 0 Å². The van der Waals surface area contributed by atoms with Crippen molar-refractivity contribution in [1.29, 1.82) is 0 Å². The lowest BCUT2D eigenvalue weighted by atomic mass is 10.2. The molecule has 9 heteroatoms. The normalized spacial score (nSPS) is 10.4. The predicted octanol–water partition coefficient (Wildman–Crippen LogP) is 3.68. The number of hydrogen-bond donors (Lipinski definition) is 3. The van der Waals surface area contributed by atoms with E-state index in [2.05, 4.69) is 26.1 Å². The molecule has 0 unspecified atom stereocenters. The molecule has 0 saturated carbocycles. The highest BCUT2D eigenvalue weighted by atomic mass is 32.2. The lowest BCUT2D eigenvalue weighted by Gasteiger charge is -2.05. The molecule has 0 aliphatic heterocycles. The second-order valence-corrected chi connectivity index (χ2v) is 8.01. The highest BCUT2D eigenvalue weighted by Crippen LogP contribution is 2.28. The molecule has 0 bridgehead atoms. The van der Waals surface area contributed by atoms with Crippen LogP contribution in [0, 0.1) is 6.92 Å². The summed E-state index contributed by atoms with van der Waals surface area (Å²) >= 11 is 2.72. The predicted molar refractivity (Wildman–Crippen MR) is 114 cm³/mol. The van der Waals surface area contributed by atoms with Crippen LogP contribution < -0.4 is 16.0 Å². The van der Waals surface area contributed by atoms with E-state index in [1.54, 1.807) is 31.3 Å². The summed E-state index contributed by atoms with van der Waals surface area (Å²) in [5, 5.41) is 17.5. The van der Waals surface area contributed by atoms with Crippen LogP contribution in [0.4, 0.5) is 16.5 Å². The third-order valence-electron chi connectivity index (χ3n) is 3.78. The topological polar surface area (TPSA) is 96.0 Å². The fourth-order valence-corrected chi connectivity index (χ4v) is 3.88. The van der Waals surface area contributed by atoms with E-state index in [1.165, 1.54) is 23.1 Å². The van der Waals surface area contributed by atoms with Crippen molar-refractivity contribution in [1.82, 2.24) is 15.5 Å². The van der Waals surface area contributed by atoms with Crippen molar-refractivity contribution in [2.45, 2.75) is 11.3 Å². The van der Waals surface area contributed by atoms with Gasteiger partial charge < -0.3 is 16.0 Å². The Hall–Kier alpha value is -2.91. The number of thioether (sulfide) groups is 1. The number of para-hydroxylation sites is 1. The number of nitrogens with zero attached hydrogens (tertiary/aromatic N) is 2. The number of carbonyl (C=O) groups excluding carboxylic acids is 2. The van der Waals surface area contributed by atoms with Gasteiger partial charge in [0.2, 0.25) is 11.0 Å². The van der Waals surface area contributed by atoms with E-state index in [4.69, 9.17) is 0 Å². The van der Waals surface area contributed by atoms with Crippen molar-refractivity contribution in [2.75, 3.05) is 23.4 Å². The summed E-state index contributed by atoms with van der Waals surface area (Å²) < 4.78 is 0.709. The molecule has 7 nitrogen and oxygen atoms in total. The molecule has 3 aromatic rings. The number of amides is 2. The van der Waals surface area contributed by atoms with Crippen LogP contribution in [0.2, 0.25) is 0 Å². The molecule has 1 heterocycles. The number of aryl methyl sites for hydroxylation is 1. The minimum absolute atomic E-state index is 0.152. The molecule has 0 spiro atoms. The van der Waals surface area contributed by atoms with Crippen LogP contribution in [0.15, 0.2) is 52.9 Å². The van der Waals surface area contributed by atoms with Gasteiger partial charge in [-0.1, -0.05) is 41.3 Å². The summed E-state index contributed by atoms with van der Waals surface area (Å²) in [6.07, 6.45) is 0. The molecule has 0 atom stereocenters. The maximum atomic E-state index is 12.1. The summed E-state index contributed by atoms with van der Waals surface area (Å²) in [5.41, 5.74) is 3.27. The third-order valence-corrected chi connectivity index (χ3v) is 5.75. The van der Waals surface area contributed by atoms with Gasteiger partial charge in [-0.25, -0.2) is 0 Å². The quantitative estimate of drug-likeness (QED) is 0.512. The van der Waals surface area contributed by atoms with E-state index in [-0.39, 0.29) is 17.6 Å². The van der Waals surface area contributed by atoms with Gasteiger partial charge in [-0.2, -0.15) is 0 Å². The Morgan fingerprint density at radius 3 is 2.54 bits per heavy atom. The van der Waals surface area contributed by atoms with E-state index < -0.39 is 0 Å². The van der Waals surface area contributed by atoms with Crippen molar-refractivity contribution >= 4 is 51.4 Å². The lowest BCUT2D eigenvalue weighted by molar-refractivity contribution is -0.113. The number of aromatic nitrogens is 2. The number of rotatable bonds is 7. The van der Waals surface area contributed by atoms with Crippen LogP contribution in [0.25, 0.3) is 0 Å². The molecule has 0 aliphatic rings. The van der Waals surface area contributed by atoms with Crippen LogP contribution in [0.1, 0.15) is 15.9 Å². The average Bonchev–Trinajstić information content (AvgIpc) is 3.15. The summed E-state index contributed by atoms with van der Waals surface area (Å²) in [5.74, 6) is -0.1000. The smallest absolute Gasteiger partial charge is 0.251 e. The largest absolute Gasteiger partial charge is 0.355 e. The van der Waals surface area contributed by atoms with Crippen LogP contribution in [0.5, 0.6) is 0 Å². The van der Waals surface area contributed by atoms with Gasteiger partial charge in [0.05, 0.1) is 5.75 Å². The van der Waals surface area contributed by atoms with E-state index in [9.17, 15) is 9.59 Å². The molecule has 0 aliphatic carbocycles. The first kappa shape index (κ1) is 19.8. The molecule has 28 heavy (non-hydrogen) atoms. The molecule has 0 fully saturated rings. The van der Waals surface area contributed by atoms with Gasteiger partial charge in [-0.05, 0) is 42.8 Å². The fraction of sp³-hybridized carbons (Fsp3) is 0.158. The van der Waals surface area contributed by atoms with Crippen molar-refractivity contribution < 1.29 is 9.59 Å². The molecule has 3 rings (SSSR count). The molecular formula is C19H19N5O2S2. The zero-order valence-electron chi connectivity index (χ0n) is 15.4. The molecule has 2 aromatic carbocycles. The van der Waals surface area contributed by atoms with Crippen LogP contribution in [-0.4, -0.2) is 34.8 Å². The molecule has 2 amide bonds. The van der Waals surface area contributed by atoms with Crippen LogP contribution >= 0.6 is 23.1 Å². The Bertz CT molecular complexity index is 972. The van der Waals surface area contributed by atoms with Crippen molar-refractivity contribution in [3.05, 3.63) is 59.7 Å². The second-order valence-electron chi connectivity index (χ2n) is 5.81. The summed E-state index contributed by atoms with van der Waals surface area (Å²) in [6, 6.07) is 14.7. The summed E-state index contributed by atoms with van der Waals surface area (Å²) in [4.78, 5) is 23.7. The second kappa shape index (κ2) is 9.34. The van der Waals surface area contributed by atoms with E-state index >= 15 is 0 Å². The zero-order chi connectivity index (χ0) is 19.9. The maximum Gasteiger partial charge on any atom is 0.251 e. The van der Waals surface area contributed by atoms with E-state index in [0.717, 1.165) is 11.3 Å². The highest BCUT2D eigenvalue weighted by molar-refractivity contribution is 8.01. The monoisotopic (exact) mass is 413 g/mol. The maximum absolute atomic E-state index is 12.1. The van der Waals surface area contributed by atoms with Gasteiger partial charge in [-0.15, -0.1) is 10.2 Å². The van der Waals surface area contributed by atoms with Gasteiger partial charge >= 0.3 is 0 Å². The Labute approximate surface area is 171 Å². The number of anilines is 3. The Kier molecular flexibility index (Phi) is 6.62. The highest BCUT2D eigenvalue weighted by Gasteiger charge is 2.10. The average molecular weight is 414 g/mol. The van der Waals surface area contributed by atoms with Crippen LogP contribution in [-0.2, 0) is 4.79 Å². The van der Waals surface area contributed by atoms with Crippen molar-refractivity contribution in [2.24, 2.45) is 0 Å². The van der Waals surface area contributed by atoms with Gasteiger partial charge in [0.15, 0.2) is 4.34 Å². The first-order valence-corrected chi connectivity index (χ1v) is 10.3. The third kappa shape index (κ3) is 5.30. The Morgan fingerprint density at radius 2 is 1.82 bits per heavy atom.